The van der Waals surface area contributed by atoms with Crippen LogP contribution in [0.1, 0.15) is 25.0 Å². The van der Waals surface area contributed by atoms with Gasteiger partial charge in [0.05, 0.1) is 0 Å². The minimum absolute atomic E-state index is 0.0608. The molecule has 0 radical (unpaired) electrons. The van der Waals surface area contributed by atoms with Crippen molar-refractivity contribution in [2.75, 3.05) is 4.90 Å². The van der Waals surface area contributed by atoms with E-state index in [9.17, 15) is 0 Å². The summed E-state index contributed by atoms with van der Waals surface area (Å²) in [5.41, 5.74) is 13.4. The fraction of sp³-hybridized carbons (Fsp3) is 0.0698. The van der Waals surface area contributed by atoms with Crippen molar-refractivity contribution in [2.45, 2.75) is 19.3 Å². The number of hydrogen-bond acceptors (Lipinski definition) is 2. The highest BCUT2D eigenvalue weighted by Crippen LogP contribution is 2.51. The number of fused-ring (bicyclic) bond motifs is 5. The minimum Gasteiger partial charge on any atom is -0.456 e. The summed E-state index contributed by atoms with van der Waals surface area (Å²) < 4.78 is 6.46. The smallest absolute Gasteiger partial charge is 0.135 e. The third kappa shape index (κ3) is 3.96. The molecule has 0 aromatic heterocycles. The Hall–Kier alpha value is -5.60. The van der Waals surface area contributed by atoms with Crippen molar-refractivity contribution in [2.24, 2.45) is 0 Å². The molecule has 0 fully saturated rings. The summed E-state index contributed by atoms with van der Waals surface area (Å²) in [4.78, 5) is 2.36. The molecule has 0 saturated carbocycles. The maximum absolute atomic E-state index is 6.46. The molecule has 1 aliphatic carbocycles. The van der Waals surface area contributed by atoms with Gasteiger partial charge in [-0.15, -0.1) is 0 Å². The van der Waals surface area contributed by atoms with Gasteiger partial charge in [0.15, 0.2) is 0 Å². The lowest BCUT2D eigenvalue weighted by atomic mass is 9.82. The molecule has 7 aromatic carbocycles. The van der Waals surface area contributed by atoms with Crippen LogP contribution in [0, 0.1) is 0 Å². The van der Waals surface area contributed by atoms with Crippen LogP contribution in [0.5, 0.6) is 11.5 Å². The lowest BCUT2D eigenvalue weighted by Gasteiger charge is -2.28. The van der Waals surface area contributed by atoms with Crippen LogP contribution in [-0.2, 0) is 5.41 Å². The number of rotatable bonds is 4. The normalized spacial score (nSPS) is 13.5. The Morgan fingerprint density at radius 3 is 1.93 bits per heavy atom. The molecular formula is C43H31NO. The molecule has 2 nitrogen and oxygen atoms in total. The van der Waals surface area contributed by atoms with E-state index in [2.05, 4.69) is 170 Å². The number of ether oxygens (including phenoxy) is 1. The van der Waals surface area contributed by atoms with Crippen molar-refractivity contribution >= 4 is 27.8 Å². The van der Waals surface area contributed by atoms with Gasteiger partial charge in [-0.2, -0.15) is 0 Å². The van der Waals surface area contributed by atoms with Crippen molar-refractivity contribution < 1.29 is 4.74 Å². The predicted octanol–water partition coefficient (Wildman–Crippen LogP) is 12.1. The molecule has 0 spiro atoms. The van der Waals surface area contributed by atoms with E-state index in [0.717, 1.165) is 45.3 Å². The molecule has 45 heavy (non-hydrogen) atoms. The first-order valence-electron chi connectivity index (χ1n) is 15.6. The average Bonchev–Trinajstić information content (AvgIpc) is 3.31. The van der Waals surface area contributed by atoms with E-state index >= 15 is 0 Å². The first-order chi connectivity index (χ1) is 22.1. The van der Waals surface area contributed by atoms with Gasteiger partial charge in [-0.3, -0.25) is 0 Å². The van der Waals surface area contributed by atoms with Crippen molar-refractivity contribution in [3.05, 3.63) is 163 Å². The quantitative estimate of drug-likeness (QED) is 0.206. The summed E-state index contributed by atoms with van der Waals surface area (Å²) in [5, 5.41) is 2.39. The standard InChI is InChI=1S/C43H31NO/c1-43(2)38-16-7-6-14-34(38)35-25-23-33(27-39(35)43)44(31-12-4-3-5-13-31)32-21-18-28(19-22-32)30-20-24-36-37-15-8-10-29-11-9-17-40(42(29)37)45-41(36)26-30/h3-27H,1-2H3. The van der Waals surface area contributed by atoms with Crippen molar-refractivity contribution in [1.82, 2.24) is 0 Å². The van der Waals surface area contributed by atoms with Gasteiger partial charge in [0.25, 0.3) is 0 Å². The highest BCUT2D eigenvalue weighted by Gasteiger charge is 2.35. The summed E-state index contributed by atoms with van der Waals surface area (Å²) in [7, 11) is 0. The zero-order valence-electron chi connectivity index (χ0n) is 25.3. The second kappa shape index (κ2) is 9.70. The molecule has 2 heteroatoms. The van der Waals surface area contributed by atoms with Crippen LogP contribution in [0.2, 0.25) is 0 Å². The number of benzene rings is 7. The molecule has 0 bridgehead atoms. The maximum Gasteiger partial charge on any atom is 0.135 e. The Bertz CT molecular complexity index is 2260. The lowest BCUT2D eigenvalue weighted by molar-refractivity contribution is 0.487. The van der Waals surface area contributed by atoms with Crippen molar-refractivity contribution in [3.8, 4) is 44.9 Å². The zero-order valence-corrected chi connectivity index (χ0v) is 25.3. The zero-order chi connectivity index (χ0) is 30.1. The van der Waals surface area contributed by atoms with Crippen molar-refractivity contribution in [3.63, 3.8) is 0 Å². The van der Waals surface area contributed by atoms with E-state index in [-0.39, 0.29) is 5.41 Å². The Morgan fingerprint density at radius 1 is 0.444 bits per heavy atom. The van der Waals surface area contributed by atoms with Gasteiger partial charge in [-0.1, -0.05) is 111 Å². The third-order valence-electron chi connectivity index (χ3n) is 9.66. The van der Waals surface area contributed by atoms with E-state index in [1.807, 2.05) is 0 Å². The molecule has 1 heterocycles. The van der Waals surface area contributed by atoms with Crippen LogP contribution in [0.4, 0.5) is 17.1 Å². The van der Waals surface area contributed by atoms with Crippen LogP contribution in [0.15, 0.2) is 152 Å². The second-order valence-electron chi connectivity index (χ2n) is 12.6. The van der Waals surface area contributed by atoms with Crippen LogP contribution in [0.25, 0.3) is 44.2 Å². The van der Waals surface area contributed by atoms with Gasteiger partial charge < -0.3 is 9.64 Å². The fourth-order valence-electron chi connectivity index (χ4n) is 7.40. The van der Waals surface area contributed by atoms with Crippen LogP contribution in [-0.4, -0.2) is 0 Å². The second-order valence-corrected chi connectivity index (χ2v) is 12.6. The average molecular weight is 578 g/mol. The fourth-order valence-corrected chi connectivity index (χ4v) is 7.40. The van der Waals surface area contributed by atoms with Gasteiger partial charge in [0, 0.05) is 33.4 Å². The van der Waals surface area contributed by atoms with Crippen LogP contribution < -0.4 is 9.64 Å². The van der Waals surface area contributed by atoms with Crippen LogP contribution >= 0.6 is 0 Å². The minimum atomic E-state index is -0.0608. The summed E-state index contributed by atoms with van der Waals surface area (Å²) in [5.74, 6) is 1.82. The Kier molecular flexibility index (Phi) is 5.58. The molecular weight excluding hydrogens is 546 g/mol. The highest BCUT2D eigenvalue weighted by atomic mass is 16.5. The monoisotopic (exact) mass is 577 g/mol. The largest absolute Gasteiger partial charge is 0.456 e. The van der Waals surface area contributed by atoms with Gasteiger partial charge in [-0.05, 0) is 98.9 Å². The van der Waals surface area contributed by atoms with Gasteiger partial charge in [0.1, 0.15) is 11.5 Å². The molecule has 0 amide bonds. The number of para-hydroxylation sites is 1. The molecule has 1 aliphatic heterocycles. The number of nitrogens with zero attached hydrogens (tertiary/aromatic N) is 1. The van der Waals surface area contributed by atoms with E-state index in [1.165, 1.54) is 38.6 Å². The predicted molar refractivity (Wildman–Crippen MR) is 187 cm³/mol. The van der Waals surface area contributed by atoms with E-state index in [1.54, 1.807) is 0 Å². The molecule has 0 unspecified atom stereocenters. The first-order valence-corrected chi connectivity index (χ1v) is 15.6. The summed E-state index contributed by atoms with van der Waals surface area (Å²) in [6, 6.07) is 54.6. The SMILES string of the molecule is CC1(C)c2ccccc2-c2ccc(N(c3ccccc3)c3ccc(-c4ccc5c(c4)Oc4cccc6cccc-5c46)cc3)cc21. The van der Waals surface area contributed by atoms with Crippen LogP contribution in [0.3, 0.4) is 0 Å². The first kappa shape index (κ1) is 25.9. The third-order valence-corrected chi connectivity index (χ3v) is 9.66. The topological polar surface area (TPSA) is 12.5 Å². The summed E-state index contributed by atoms with van der Waals surface area (Å²) in [6.45, 7) is 4.68. The van der Waals surface area contributed by atoms with Gasteiger partial charge in [0.2, 0.25) is 0 Å². The van der Waals surface area contributed by atoms with Gasteiger partial charge >= 0.3 is 0 Å². The number of hydrogen-bond donors (Lipinski definition) is 0. The maximum atomic E-state index is 6.46. The molecule has 214 valence electrons. The summed E-state index contributed by atoms with van der Waals surface area (Å²) >= 11 is 0. The van der Waals surface area contributed by atoms with Gasteiger partial charge in [-0.25, -0.2) is 0 Å². The highest BCUT2D eigenvalue weighted by molar-refractivity contribution is 6.04. The molecule has 2 aliphatic rings. The van der Waals surface area contributed by atoms with E-state index in [0.29, 0.717) is 0 Å². The number of anilines is 3. The van der Waals surface area contributed by atoms with Crippen molar-refractivity contribution in [1.29, 1.82) is 0 Å². The Morgan fingerprint density at radius 2 is 1.09 bits per heavy atom. The van der Waals surface area contributed by atoms with E-state index in [4.69, 9.17) is 4.74 Å². The molecule has 0 atom stereocenters. The molecule has 7 aromatic rings. The molecule has 9 rings (SSSR count). The molecule has 0 N–H and O–H groups in total. The lowest BCUT2D eigenvalue weighted by Crippen LogP contribution is -2.16. The Balaban J connectivity index is 1.10. The summed E-state index contributed by atoms with van der Waals surface area (Å²) in [6.07, 6.45) is 0. The van der Waals surface area contributed by atoms with E-state index < -0.39 is 0 Å². The molecule has 0 saturated heterocycles. The Labute approximate surface area is 263 Å².